The molecule has 24 heavy (non-hydrogen) atoms. The number of hydrogen-bond donors (Lipinski definition) is 0. The summed E-state index contributed by atoms with van der Waals surface area (Å²) in [6.07, 6.45) is 5.57. The minimum absolute atomic E-state index is 0.132. The zero-order valence-corrected chi connectivity index (χ0v) is 14.7. The SMILES string of the molecule is O=C(CSc1ccncc1)N1CCC[C@@H]1c1nc2ccccc2s1. The van der Waals surface area contributed by atoms with E-state index in [1.54, 1.807) is 35.5 Å². The fourth-order valence-electron chi connectivity index (χ4n) is 3.02. The van der Waals surface area contributed by atoms with Gasteiger partial charge in [-0.2, -0.15) is 0 Å². The second-order valence-electron chi connectivity index (χ2n) is 5.74. The van der Waals surface area contributed by atoms with E-state index < -0.39 is 0 Å². The number of thioether (sulfide) groups is 1. The first-order valence-corrected chi connectivity index (χ1v) is 9.79. The zero-order valence-electron chi connectivity index (χ0n) is 13.1. The largest absolute Gasteiger partial charge is 0.332 e. The summed E-state index contributed by atoms with van der Waals surface area (Å²) in [4.78, 5) is 24.5. The number of amides is 1. The Morgan fingerprint density at radius 3 is 2.92 bits per heavy atom. The predicted octanol–water partition coefficient (Wildman–Crippen LogP) is 4.15. The molecule has 0 radical (unpaired) electrons. The minimum Gasteiger partial charge on any atom is -0.332 e. The highest BCUT2D eigenvalue weighted by atomic mass is 32.2. The molecule has 1 saturated heterocycles. The third-order valence-electron chi connectivity index (χ3n) is 4.18. The molecule has 1 aromatic carbocycles. The smallest absolute Gasteiger partial charge is 0.233 e. The third-order valence-corrected chi connectivity index (χ3v) is 6.32. The molecule has 1 aliphatic rings. The third kappa shape index (κ3) is 3.16. The maximum absolute atomic E-state index is 12.7. The fraction of sp³-hybridized carbons (Fsp3) is 0.278. The summed E-state index contributed by atoms with van der Waals surface area (Å²) in [7, 11) is 0. The number of thiazole rings is 1. The number of likely N-dealkylation sites (tertiary alicyclic amines) is 1. The van der Waals surface area contributed by atoms with Gasteiger partial charge in [0, 0.05) is 23.8 Å². The van der Waals surface area contributed by atoms with Crippen LogP contribution in [0.5, 0.6) is 0 Å². The summed E-state index contributed by atoms with van der Waals surface area (Å²) in [5, 5.41) is 1.07. The first-order valence-electron chi connectivity index (χ1n) is 7.99. The van der Waals surface area contributed by atoms with E-state index in [0.717, 1.165) is 34.8 Å². The molecule has 1 amide bonds. The van der Waals surface area contributed by atoms with E-state index in [9.17, 15) is 4.79 Å². The molecule has 122 valence electrons. The second-order valence-corrected chi connectivity index (χ2v) is 7.85. The maximum Gasteiger partial charge on any atom is 0.233 e. The lowest BCUT2D eigenvalue weighted by Gasteiger charge is -2.23. The van der Waals surface area contributed by atoms with Crippen LogP contribution in [0.15, 0.2) is 53.7 Å². The Labute approximate surface area is 148 Å². The lowest BCUT2D eigenvalue weighted by atomic mass is 10.2. The van der Waals surface area contributed by atoms with Gasteiger partial charge in [0.05, 0.1) is 22.0 Å². The van der Waals surface area contributed by atoms with Crippen molar-refractivity contribution < 1.29 is 4.79 Å². The van der Waals surface area contributed by atoms with E-state index in [1.807, 2.05) is 35.2 Å². The molecule has 4 nitrogen and oxygen atoms in total. The molecule has 0 unspecified atom stereocenters. The molecule has 3 aromatic rings. The predicted molar refractivity (Wildman–Crippen MR) is 98.3 cm³/mol. The summed E-state index contributed by atoms with van der Waals surface area (Å²) in [6, 6.07) is 12.2. The number of carbonyl (C=O) groups excluding carboxylic acids is 1. The molecule has 3 heterocycles. The van der Waals surface area contributed by atoms with Crippen molar-refractivity contribution in [2.24, 2.45) is 0 Å². The van der Waals surface area contributed by atoms with Crippen LogP contribution in [0.4, 0.5) is 0 Å². The number of nitrogens with zero attached hydrogens (tertiary/aromatic N) is 3. The molecule has 1 aliphatic heterocycles. The van der Waals surface area contributed by atoms with Gasteiger partial charge in [-0.25, -0.2) is 4.98 Å². The number of benzene rings is 1. The van der Waals surface area contributed by atoms with Crippen LogP contribution in [0.25, 0.3) is 10.2 Å². The van der Waals surface area contributed by atoms with Crippen LogP contribution in [-0.4, -0.2) is 33.1 Å². The van der Waals surface area contributed by atoms with Crippen molar-refractivity contribution >= 4 is 39.2 Å². The lowest BCUT2D eigenvalue weighted by molar-refractivity contribution is -0.129. The van der Waals surface area contributed by atoms with Crippen LogP contribution in [0.1, 0.15) is 23.9 Å². The highest BCUT2D eigenvalue weighted by molar-refractivity contribution is 8.00. The van der Waals surface area contributed by atoms with Gasteiger partial charge >= 0.3 is 0 Å². The standard InChI is InChI=1S/C18H17N3OS2/c22-17(12-23-13-7-9-19-10-8-13)21-11-3-5-15(21)18-20-14-4-1-2-6-16(14)24-18/h1-2,4,6-10,15H,3,5,11-12H2/t15-/m1/s1. The molecule has 2 aromatic heterocycles. The van der Waals surface area contributed by atoms with Gasteiger partial charge in [0.2, 0.25) is 5.91 Å². The first-order chi connectivity index (χ1) is 11.8. The van der Waals surface area contributed by atoms with E-state index in [0.29, 0.717) is 5.75 Å². The van der Waals surface area contributed by atoms with Gasteiger partial charge in [0.1, 0.15) is 5.01 Å². The van der Waals surface area contributed by atoms with Crippen LogP contribution >= 0.6 is 23.1 Å². The van der Waals surface area contributed by atoms with Crippen molar-refractivity contribution in [3.63, 3.8) is 0 Å². The second kappa shape index (κ2) is 6.91. The maximum atomic E-state index is 12.7. The Balaban J connectivity index is 1.48. The Morgan fingerprint density at radius 2 is 2.08 bits per heavy atom. The van der Waals surface area contributed by atoms with Gasteiger partial charge in [0.25, 0.3) is 0 Å². The molecular weight excluding hydrogens is 338 g/mol. The van der Waals surface area contributed by atoms with Crippen LogP contribution in [-0.2, 0) is 4.79 Å². The molecule has 4 rings (SSSR count). The molecule has 0 spiro atoms. The van der Waals surface area contributed by atoms with E-state index in [1.165, 1.54) is 4.70 Å². The number of carbonyl (C=O) groups is 1. The summed E-state index contributed by atoms with van der Waals surface area (Å²) >= 11 is 3.28. The molecule has 0 saturated carbocycles. The molecule has 1 atom stereocenters. The highest BCUT2D eigenvalue weighted by Gasteiger charge is 2.31. The van der Waals surface area contributed by atoms with E-state index in [-0.39, 0.29) is 11.9 Å². The van der Waals surface area contributed by atoms with Crippen LogP contribution in [0, 0.1) is 0 Å². The van der Waals surface area contributed by atoms with Gasteiger partial charge in [-0.05, 0) is 37.1 Å². The summed E-state index contributed by atoms with van der Waals surface area (Å²) < 4.78 is 1.19. The molecular formula is C18H17N3OS2. The summed E-state index contributed by atoms with van der Waals surface area (Å²) in [5.41, 5.74) is 1.03. The average Bonchev–Trinajstić information content (AvgIpc) is 3.26. The van der Waals surface area contributed by atoms with Crippen molar-refractivity contribution in [2.75, 3.05) is 12.3 Å². The summed E-state index contributed by atoms with van der Waals surface area (Å²) in [6.45, 7) is 0.830. The van der Waals surface area contributed by atoms with Crippen molar-refractivity contribution in [3.8, 4) is 0 Å². The summed E-state index contributed by atoms with van der Waals surface area (Å²) in [5.74, 6) is 0.657. The number of rotatable bonds is 4. The Bertz CT molecular complexity index is 817. The van der Waals surface area contributed by atoms with E-state index in [4.69, 9.17) is 4.98 Å². The van der Waals surface area contributed by atoms with Gasteiger partial charge in [-0.15, -0.1) is 23.1 Å². The first kappa shape index (κ1) is 15.6. The molecule has 0 N–H and O–H groups in total. The van der Waals surface area contributed by atoms with Crippen molar-refractivity contribution in [1.29, 1.82) is 0 Å². The molecule has 1 fully saturated rings. The monoisotopic (exact) mass is 355 g/mol. The Morgan fingerprint density at radius 1 is 1.25 bits per heavy atom. The highest BCUT2D eigenvalue weighted by Crippen LogP contribution is 2.36. The van der Waals surface area contributed by atoms with Crippen molar-refractivity contribution in [1.82, 2.24) is 14.9 Å². The fourth-order valence-corrected chi connectivity index (χ4v) is 4.90. The van der Waals surface area contributed by atoms with E-state index >= 15 is 0 Å². The number of fused-ring (bicyclic) bond motifs is 1. The quantitative estimate of drug-likeness (QED) is 0.660. The normalized spacial score (nSPS) is 17.5. The van der Waals surface area contributed by atoms with E-state index in [2.05, 4.69) is 11.1 Å². The van der Waals surface area contributed by atoms with Gasteiger partial charge in [-0.1, -0.05) is 12.1 Å². The number of para-hydroxylation sites is 1. The average molecular weight is 355 g/mol. The molecule has 0 bridgehead atoms. The van der Waals surface area contributed by atoms with Gasteiger partial charge in [-0.3, -0.25) is 9.78 Å². The number of pyridine rings is 1. The Kier molecular flexibility index (Phi) is 4.49. The van der Waals surface area contributed by atoms with Crippen LogP contribution < -0.4 is 0 Å². The van der Waals surface area contributed by atoms with Gasteiger partial charge < -0.3 is 4.90 Å². The molecule has 0 aliphatic carbocycles. The Hall–Kier alpha value is -1.92. The minimum atomic E-state index is 0.132. The topological polar surface area (TPSA) is 46.1 Å². The number of hydrogen-bond acceptors (Lipinski definition) is 5. The van der Waals surface area contributed by atoms with Crippen LogP contribution in [0.2, 0.25) is 0 Å². The van der Waals surface area contributed by atoms with Crippen molar-refractivity contribution in [3.05, 3.63) is 53.8 Å². The van der Waals surface area contributed by atoms with Gasteiger partial charge in [0.15, 0.2) is 0 Å². The van der Waals surface area contributed by atoms with Crippen molar-refractivity contribution in [2.45, 2.75) is 23.8 Å². The zero-order chi connectivity index (χ0) is 16.4. The lowest BCUT2D eigenvalue weighted by Crippen LogP contribution is -2.31. The number of aromatic nitrogens is 2. The molecule has 6 heteroatoms. The van der Waals surface area contributed by atoms with Crippen LogP contribution in [0.3, 0.4) is 0 Å².